The van der Waals surface area contributed by atoms with Crippen molar-refractivity contribution in [2.24, 2.45) is 11.5 Å². The van der Waals surface area contributed by atoms with Crippen molar-refractivity contribution in [2.75, 3.05) is 0 Å². The number of benzene rings is 1. The summed E-state index contributed by atoms with van der Waals surface area (Å²) in [4.78, 5) is 21.5. The minimum Gasteiger partial charge on any atom is -0.465 e. The zero-order valence-corrected chi connectivity index (χ0v) is 10.2. The predicted molar refractivity (Wildman–Crippen MR) is 66.8 cm³/mol. The van der Waals surface area contributed by atoms with Crippen LogP contribution in [0.15, 0.2) is 24.3 Å². The summed E-state index contributed by atoms with van der Waals surface area (Å²) in [5, 5.41) is 10.6. The van der Waals surface area contributed by atoms with Gasteiger partial charge in [-0.3, -0.25) is 4.79 Å². The van der Waals surface area contributed by atoms with Gasteiger partial charge < -0.3 is 21.9 Å². The van der Waals surface area contributed by atoms with E-state index in [1.54, 1.807) is 12.1 Å². The molecule has 1 aromatic carbocycles. The van der Waals surface area contributed by atoms with E-state index in [4.69, 9.17) is 16.6 Å². The minimum absolute atomic E-state index is 0.0824. The molecule has 0 fully saturated rings. The first-order valence-electron chi connectivity index (χ1n) is 5.67. The van der Waals surface area contributed by atoms with Gasteiger partial charge in [0.1, 0.15) is 11.9 Å². The molecule has 0 aliphatic carbocycles. The molecule has 6 nitrogen and oxygen atoms in total. The maximum atomic E-state index is 12.7. The summed E-state index contributed by atoms with van der Waals surface area (Å²) in [6.07, 6.45) is -0.859. The second kappa shape index (κ2) is 6.69. The summed E-state index contributed by atoms with van der Waals surface area (Å²) < 4.78 is 12.7. The van der Waals surface area contributed by atoms with Gasteiger partial charge in [-0.05, 0) is 30.5 Å². The van der Waals surface area contributed by atoms with Gasteiger partial charge in [0, 0.05) is 6.04 Å². The van der Waals surface area contributed by atoms with Gasteiger partial charge in [-0.1, -0.05) is 12.1 Å². The van der Waals surface area contributed by atoms with E-state index in [0.29, 0.717) is 6.42 Å². The van der Waals surface area contributed by atoms with Gasteiger partial charge >= 0.3 is 6.09 Å². The Morgan fingerprint density at radius 2 is 1.89 bits per heavy atom. The summed E-state index contributed by atoms with van der Waals surface area (Å²) >= 11 is 0. The molecular formula is C12H16FN3O3. The number of nitrogens with one attached hydrogen (secondary N) is 1. The van der Waals surface area contributed by atoms with E-state index >= 15 is 0 Å². The van der Waals surface area contributed by atoms with Crippen molar-refractivity contribution in [3.05, 3.63) is 35.6 Å². The highest BCUT2D eigenvalue weighted by molar-refractivity contribution is 5.83. The second-order valence-electron chi connectivity index (χ2n) is 4.23. The average molecular weight is 269 g/mol. The normalized spacial score (nSPS) is 13.6. The van der Waals surface area contributed by atoms with E-state index in [1.807, 2.05) is 5.32 Å². The lowest BCUT2D eigenvalue weighted by Crippen LogP contribution is -2.47. The zero-order valence-electron chi connectivity index (χ0n) is 10.2. The number of carbonyl (C=O) groups is 2. The molecule has 6 N–H and O–H groups in total. The fraction of sp³-hybridized carbons (Fsp3) is 0.333. The number of primary amides is 1. The average Bonchev–Trinajstić information content (AvgIpc) is 2.30. The van der Waals surface area contributed by atoms with Crippen LogP contribution in [-0.2, 0) is 11.2 Å². The molecule has 0 aromatic heterocycles. The molecule has 19 heavy (non-hydrogen) atoms. The Morgan fingerprint density at radius 3 is 2.37 bits per heavy atom. The first kappa shape index (κ1) is 14.9. The molecular weight excluding hydrogens is 253 g/mol. The molecule has 0 aliphatic heterocycles. The fourth-order valence-corrected chi connectivity index (χ4v) is 1.70. The maximum Gasteiger partial charge on any atom is 0.405 e. The smallest absolute Gasteiger partial charge is 0.405 e. The molecule has 7 heteroatoms. The second-order valence-corrected chi connectivity index (χ2v) is 4.23. The number of carboxylic acid groups (broad SMARTS) is 1. The number of rotatable bonds is 6. The monoisotopic (exact) mass is 269 g/mol. The van der Waals surface area contributed by atoms with Gasteiger partial charge in [-0.2, -0.15) is 0 Å². The van der Waals surface area contributed by atoms with Crippen molar-refractivity contribution in [1.29, 1.82) is 0 Å². The van der Waals surface area contributed by atoms with E-state index in [2.05, 4.69) is 0 Å². The van der Waals surface area contributed by atoms with E-state index in [1.165, 1.54) is 12.1 Å². The first-order valence-corrected chi connectivity index (χ1v) is 5.67. The largest absolute Gasteiger partial charge is 0.465 e. The van der Waals surface area contributed by atoms with Gasteiger partial charge in [-0.25, -0.2) is 9.18 Å². The number of carbonyl (C=O) groups excluding carboxylic acids is 1. The van der Waals surface area contributed by atoms with E-state index in [0.717, 1.165) is 5.56 Å². The zero-order chi connectivity index (χ0) is 14.4. The van der Waals surface area contributed by atoms with E-state index < -0.39 is 24.1 Å². The quantitative estimate of drug-likeness (QED) is 0.590. The van der Waals surface area contributed by atoms with Crippen LogP contribution < -0.4 is 16.8 Å². The van der Waals surface area contributed by atoms with Crippen LogP contribution in [0.5, 0.6) is 0 Å². The Labute approximate surface area is 109 Å². The molecule has 0 aliphatic rings. The van der Waals surface area contributed by atoms with Crippen molar-refractivity contribution >= 4 is 12.0 Å². The van der Waals surface area contributed by atoms with E-state index in [-0.39, 0.29) is 12.2 Å². The lowest BCUT2D eigenvalue weighted by atomic mass is 10.00. The third-order valence-corrected chi connectivity index (χ3v) is 2.59. The summed E-state index contributed by atoms with van der Waals surface area (Å²) in [5.74, 6) is -1.13. The Morgan fingerprint density at radius 1 is 1.32 bits per heavy atom. The van der Waals surface area contributed by atoms with Crippen molar-refractivity contribution in [3.63, 3.8) is 0 Å². The van der Waals surface area contributed by atoms with Crippen LogP contribution in [0.25, 0.3) is 0 Å². The summed E-state index contributed by atoms with van der Waals surface area (Å²) in [7, 11) is 0. The molecule has 0 bridgehead atoms. The molecule has 1 aromatic rings. The summed E-state index contributed by atoms with van der Waals surface area (Å²) in [6, 6.07) is 4.28. The van der Waals surface area contributed by atoms with E-state index in [9.17, 15) is 14.0 Å². The molecule has 0 heterocycles. The highest BCUT2D eigenvalue weighted by Gasteiger charge is 2.20. The van der Waals surface area contributed by atoms with Crippen molar-refractivity contribution < 1.29 is 19.1 Å². The standard InChI is InChI=1S/C12H16FN3O3/c13-8-3-1-7(2-4-8)5-9(14)6-10(11(15)17)16-12(18)19/h1-4,9-10,16H,5-6,14H2,(H2,15,17)(H,18,19). The Kier molecular flexibility index (Phi) is 5.25. The van der Waals surface area contributed by atoms with Crippen LogP contribution in [0.4, 0.5) is 9.18 Å². The highest BCUT2D eigenvalue weighted by Crippen LogP contribution is 2.08. The fourth-order valence-electron chi connectivity index (χ4n) is 1.70. The first-order chi connectivity index (χ1) is 8.88. The van der Waals surface area contributed by atoms with Crippen LogP contribution in [0.3, 0.4) is 0 Å². The van der Waals surface area contributed by atoms with Gasteiger partial charge in [0.15, 0.2) is 0 Å². The summed E-state index contributed by atoms with van der Waals surface area (Å²) in [6.45, 7) is 0. The third-order valence-electron chi connectivity index (χ3n) is 2.59. The predicted octanol–water partition coefficient (Wildman–Crippen LogP) is 0.207. The lowest BCUT2D eigenvalue weighted by Gasteiger charge is -2.18. The molecule has 104 valence electrons. The van der Waals surface area contributed by atoms with Crippen LogP contribution in [0.1, 0.15) is 12.0 Å². The molecule has 0 radical (unpaired) electrons. The van der Waals surface area contributed by atoms with Gasteiger partial charge in [0.2, 0.25) is 5.91 Å². The number of nitrogens with two attached hydrogens (primary N) is 2. The Bertz CT molecular complexity index is 450. The molecule has 0 saturated carbocycles. The maximum absolute atomic E-state index is 12.7. The molecule has 1 rings (SSSR count). The Balaban J connectivity index is 2.57. The third kappa shape index (κ3) is 5.35. The number of amides is 2. The van der Waals surface area contributed by atoms with Crippen molar-refractivity contribution in [1.82, 2.24) is 5.32 Å². The summed E-state index contributed by atoms with van der Waals surface area (Å²) in [5.41, 5.74) is 11.7. The van der Waals surface area contributed by atoms with Crippen LogP contribution in [0.2, 0.25) is 0 Å². The van der Waals surface area contributed by atoms with Crippen LogP contribution >= 0.6 is 0 Å². The SMILES string of the molecule is NC(=O)C(CC(N)Cc1ccc(F)cc1)NC(=O)O. The highest BCUT2D eigenvalue weighted by atomic mass is 19.1. The van der Waals surface area contributed by atoms with Crippen molar-refractivity contribution in [2.45, 2.75) is 24.9 Å². The minimum atomic E-state index is -1.34. The number of halogens is 1. The van der Waals surface area contributed by atoms with Gasteiger partial charge in [-0.15, -0.1) is 0 Å². The number of hydrogen-bond donors (Lipinski definition) is 4. The van der Waals surface area contributed by atoms with Gasteiger partial charge in [0.05, 0.1) is 0 Å². The van der Waals surface area contributed by atoms with Crippen molar-refractivity contribution in [3.8, 4) is 0 Å². The number of hydrogen-bond acceptors (Lipinski definition) is 3. The molecule has 0 spiro atoms. The molecule has 2 atom stereocenters. The van der Waals surface area contributed by atoms with Gasteiger partial charge in [0.25, 0.3) is 0 Å². The lowest BCUT2D eigenvalue weighted by molar-refractivity contribution is -0.120. The molecule has 0 saturated heterocycles. The Hall–Kier alpha value is -2.15. The van der Waals surface area contributed by atoms with Crippen LogP contribution in [0, 0.1) is 5.82 Å². The molecule has 2 amide bonds. The topological polar surface area (TPSA) is 118 Å². The molecule has 2 unspecified atom stereocenters. The van der Waals surface area contributed by atoms with Crippen LogP contribution in [-0.4, -0.2) is 29.2 Å².